The lowest BCUT2D eigenvalue weighted by atomic mass is 10.1. The first kappa shape index (κ1) is 10.6. The van der Waals surface area contributed by atoms with Crippen LogP contribution in [0.15, 0.2) is 18.2 Å². The molecule has 0 aliphatic rings. The minimum atomic E-state index is -1.51. The van der Waals surface area contributed by atoms with Gasteiger partial charge in [0.05, 0.1) is 10.9 Å². The molecular formula is C10H7ClN2O3. The van der Waals surface area contributed by atoms with Gasteiger partial charge in [-0.3, -0.25) is 9.48 Å². The maximum absolute atomic E-state index is 11.4. The third-order valence-corrected chi connectivity index (χ3v) is 2.54. The highest BCUT2D eigenvalue weighted by Gasteiger charge is 2.20. The molecule has 1 aromatic heterocycles. The molecule has 1 heterocycles. The van der Waals surface area contributed by atoms with E-state index in [1.165, 1.54) is 10.7 Å². The van der Waals surface area contributed by atoms with Crippen LogP contribution in [0.1, 0.15) is 10.4 Å². The van der Waals surface area contributed by atoms with Crippen molar-refractivity contribution in [2.45, 2.75) is 0 Å². The van der Waals surface area contributed by atoms with E-state index < -0.39 is 11.8 Å². The van der Waals surface area contributed by atoms with Crippen molar-refractivity contribution in [2.24, 2.45) is 7.05 Å². The monoisotopic (exact) mass is 238 g/mol. The van der Waals surface area contributed by atoms with Gasteiger partial charge in [-0.15, -0.1) is 0 Å². The van der Waals surface area contributed by atoms with E-state index in [1.54, 1.807) is 19.2 Å². The molecule has 0 atom stereocenters. The number of halogens is 1. The number of carbonyl (C=O) groups is 2. The summed E-state index contributed by atoms with van der Waals surface area (Å²) in [5.74, 6) is -2.49. The van der Waals surface area contributed by atoms with Gasteiger partial charge in [-0.05, 0) is 12.1 Å². The molecule has 0 unspecified atom stereocenters. The van der Waals surface area contributed by atoms with Crippen LogP contribution in [0.4, 0.5) is 0 Å². The molecule has 0 amide bonds. The predicted molar refractivity (Wildman–Crippen MR) is 57.7 cm³/mol. The third kappa shape index (κ3) is 1.45. The molecule has 16 heavy (non-hydrogen) atoms. The van der Waals surface area contributed by atoms with Gasteiger partial charge >= 0.3 is 5.97 Å². The molecule has 0 radical (unpaired) electrons. The van der Waals surface area contributed by atoms with Crippen molar-refractivity contribution < 1.29 is 14.7 Å². The molecule has 0 saturated carbocycles. The Hall–Kier alpha value is -1.88. The lowest BCUT2D eigenvalue weighted by Gasteiger charge is -1.99. The first-order valence-electron chi connectivity index (χ1n) is 4.41. The number of hydrogen-bond acceptors (Lipinski definition) is 3. The molecule has 0 aliphatic carbocycles. The molecular weight excluding hydrogens is 232 g/mol. The summed E-state index contributed by atoms with van der Waals surface area (Å²) in [7, 11) is 1.67. The van der Waals surface area contributed by atoms with Crippen molar-refractivity contribution >= 4 is 34.3 Å². The summed E-state index contributed by atoms with van der Waals surface area (Å²) in [5, 5.41) is 13.1. The maximum atomic E-state index is 11.4. The van der Waals surface area contributed by atoms with Crippen LogP contribution in [0.3, 0.4) is 0 Å². The molecule has 1 N–H and O–H groups in total. The van der Waals surface area contributed by atoms with Crippen molar-refractivity contribution in [3.63, 3.8) is 0 Å². The van der Waals surface area contributed by atoms with Crippen LogP contribution < -0.4 is 0 Å². The number of nitrogens with zero attached hydrogens (tertiary/aromatic N) is 2. The molecule has 5 nitrogen and oxygen atoms in total. The highest BCUT2D eigenvalue weighted by atomic mass is 35.5. The summed E-state index contributed by atoms with van der Waals surface area (Å²) in [6, 6.07) is 4.73. The van der Waals surface area contributed by atoms with Gasteiger partial charge < -0.3 is 5.11 Å². The Morgan fingerprint density at radius 2 is 2.12 bits per heavy atom. The second-order valence-electron chi connectivity index (χ2n) is 3.25. The van der Waals surface area contributed by atoms with Crippen molar-refractivity contribution in [3.8, 4) is 0 Å². The van der Waals surface area contributed by atoms with Gasteiger partial charge in [-0.25, -0.2) is 4.79 Å². The molecule has 0 aliphatic heterocycles. The molecule has 82 valence electrons. The van der Waals surface area contributed by atoms with E-state index in [1.807, 2.05) is 0 Å². The number of rotatable bonds is 2. The van der Waals surface area contributed by atoms with Crippen LogP contribution in [0.25, 0.3) is 10.9 Å². The largest absolute Gasteiger partial charge is 0.475 e. The molecule has 6 heteroatoms. The Labute approximate surface area is 95.2 Å². The van der Waals surface area contributed by atoms with Crippen LogP contribution in [-0.2, 0) is 11.8 Å². The number of Topliss-reactive ketones (excluding diaryl/α,β-unsaturated/α-hetero) is 1. The summed E-state index contributed by atoms with van der Waals surface area (Å²) in [5.41, 5.74) is 0.681. The number of benzene rings is 1. The van der Waals surface area contributed by atoms with E-state index in [4.69, 9.17) is 16.7 Å². The zero-order valence-corrected chi connectivity index (χ0v) is 9.02. The van der Waals surface area contributed by atoms with E-state index >= 15 is 0 Å². The summed E-state index contributed by atoms with van der Waals surface area (Å²) in [6.45, 7) is 0. The van der Waals surface area contributed by atoms with Gasteiger partial charge in [-0.2, -0.15) is 5.10 Å². The van der Waals surface area contributed by atoms with Crippen molar-refractivity contribution in [3.05, 3.63) is 28.9 Å². The Kier molecular flexibility index (Phi) is 2.40. The number of carboxylic acids is 1. The summed E-state index contributed by atoms with van der Waals surface area (Å²) in [4.78, 5) is 22.1. The number of hydrogen-bond donors (Lipinski definition) is 1. The van der Waals surface area contributed by atoms with Crippen molar-refractivity contribution in [1.82, 2.24) is 9.78 Å². The van der Waals surface area contributed by atoms with Crippen LogP contribution in [0, 0.1) is 0 Å². The third-order valence-electron chi connectivity index (χ3n) is 2.27. The molecule has 1 aromatic carbocycles. The number of fused-ring (bicyclic) bond motifs is 1. The molecule has 2 rings (SSSR count). The average Bonchev–Trinajstić information content (AvgIpc) is 2.54. The fourth-order valence-corrected chi connectivity index (χ4v) is 1.88. The number of carbonyl (C=O) groups excluding carboxylic acids is 1. The number of aryl methyl sites for hydroxylation is 1. The maximum Gasteiger partial charge on any atom is 0.377 e. The van der Waals surface area contributed by atoms with Crippen LogP contribution in [-0.4, -0.2) is 26.6 Å². The standard InChI is InChI=1S/C10H7ClN2O3/c1-13-6-4-2-3-5(8(14)10(15)16)7(6)9(11)12-13/h2-4H,1H3,(H,15,16). The van der Waals surface area contributed by atoms with Crippen LogP contribution in [0.2, 0.25) is 5.15 Å². The van der Waals surface area contributed by atoms with Gasteiger partial charge in [0.1, 0.15) is 0 Å². The number of carboxylic acid groups (broad SMARTS) is 1. The Morgan fingerprint density at radius 3 is 2.75 bits per heavy atom. The topological polar surface area (TPSA) is 72.2 Å². The molecule has 0 bridgehead atoms. The SMILES string of the molecule is Cn1nc(Cl)c2c(C(=O)C(=O)O)cccc21. The lowest BCUT2D eigenvalue weighted by molar-refractivity contribution is -0.131. The number of aliphatic carboxylic acids is 1. The number of aromatic nitrogens is 2. The smallest absolute Gasteiger partial charge is 0.377 e. The van der Waals surface area contributed by atoms with E-state index in [0.29, 0.717) is 10.9 Å². The van der Waals surface area contributed by atoms with Gasteiger partial charge in [0.15, 0.2) is 5.15 Å². The molecule has 0 saturated heterocycles. The highest BCUT2D eigenvalue weighted by Crippen LogP contribution is 2.26. The van der Waals surface area contributed by atoms with E-state index in [-0.39, 0.29) is 10.7 Å². The molecule has 0 spiro atoms. The van der Waals surface area contributed by atoms with Crippen LogP contribution in [0.5, 0.6) is 0 Å². The van der Waals surface area contributed by atoms with Crippen molar-refractivity contribution in [2.75, 3.05) is 0 Å². The Bertz CT molecular complexity index is 603. The minimum Gasteiger partial charge on any atom is -0.475 e. The Balaban J connectivity index is 2.80. The van der Waals surface area contributed by atoms with E-state index in [9.17, 15) is 9.59 Å². The number of ketones is 1. The fourth-order valence-electron chi connectivity index (χ4n) is 1.57. The first-order valence-corrected chi connectivity index (χ1v) is 4.79. The lowest BCUT2D eigenvalue weighted by Crippen LogP contribution is -2.12. The predicted octanol–water partition coefficient (Wildman–Crippen LogP) is 1.49. The van der Waals surface area contributed by atoms with Gasteiger partial charge in [0, 0.05) is 12.6 Å². The van der Waals surface area contributed by atoms with E-state index in [0.717, 1.165) is 0 Å². The Morgan fingerprint density at radius 1 is 1.44 bits per heavy atom. The van der Waals surface area contributed by atoms with Gasteiger partial charge in [-0.1, -0.05) is 17.7 Å². The molecule has 2 aromatic rings. The van der Waals surface area contributed by atoms with Gasteiger partial charge in [0.2, 0.25) is 0 Å². The fraction of sp³-hybridized carbons (Fsp3) is 0.100. The van der Waals surface area contributed by atoms with Crippen molar-refractivity contribution in [1.29, 1.82) is 0 Å². The first-order chi connectivity index (χ1) is 7.52. The quantitative estimate of drug-likeness (QED) is 0.636. The zero-order valence-electron chi connectivity index (χ0n) is 8.27. The van der Waals surface area contributed by atoms with Gasteiger partial charge in [0.25, 0.3) is 5.78 Å². The summed E-state index contributed by atoms with van der Waals surface area (Å²) in [6.07, 6.45) is 0. The summed E-state index contributed by atoms with van der Waals surface area (Å²) < 4.78 is 1.50. The molecule has 0 fully saturated rings. The highest BCUT2D eigenvalue weighted by molar-refractivity contribution is 6.44. The minimum absolute atomic E-state index is 0.0584. The zero-order chi connectivity index (χ0) is 11.9. The average molecular weight is 239 g/mol. The summed E-state index contributed by atoms with van der Waals surface area (Å²) >= 11 is 5.85. The normalized spacial score (nSPS) is 10.6. The van der Waals surface area contributed by atoms with Crippen LogP contribution >= 0.6 is 11.6 Å². The van der Waals surface area contributed by atoms with E-state index in [2.05, 4.69) is 5.10 Å². The second-order valence-corrected chi connectivity index (χ2v) is 3.61. The second kappa shape index (κ2) is 3.61.